The van der Waals surface area contributed by atoms with Crippen molar-refractivity contribution >= 4 is 40.7 Å². The molecule has 24 heavy (non-hydrogen) atoms. The summed E-state index contributed by atoms with van der Waals surface area (Å²) in [5, 5.41) is 3.23. The molecule has 0 aliphatic heterocycles. The highest BCUT2D eigenvalue weighted by Crippen LogP contribution is 2.29. The molecular formula is C18H18Cl2N2O2. The minimum Gasteiger partial charge on any atom is -0.338 e. The number of carbonyl (C=O) groups is 2. The monoisotopic (exact) mass is 364 g/mol. The van der Waals surface area contributed by atoms with Crippen LogP contribution in [0.1, 0.15) is 18.9 Å². The zero-order valence-electron chi connectivity index (χ0n) is 13.3. The van der Waals surface area contributed by atoms with Crippen LogP contribution in [0.3, 0.4) is 0 Å². The minimum absolute atomic E-state index is 0.239. The molecule has 0 fully saturated rings. The highest BCUT2D eigenvalue weighted by molar-refractivity contribution is 6.44. The van der Waals surface area contributed by atoms with E-state index in [1.807, 2.05) is 37.3 Å². The fourth-order valence-corrected chi connectivity index (χ4v) is 2.57. The molecule has 0 aliphatic rings. The first-order chi connectivity index (χ1) is 11.5. The molecule has 0 atom stereocenters. The molecular weight excluding hydrogens is 347 g/mol. The van der Waals surface area contributed by atoms with Crippen LogP contribution in [0.2, 0.25) is 10.0 Å². The Kier molecular flexibility index (Phi) is 6.64. The third kappa shape index (κ3) is 4.98. The molecule has 6 heteroatoms. The number of anilines is 1. The molecule has 2 aromatic carbocycles. The lowest BCUT2D eigenvalue weighted by atomic mass is 10.2. The van der Waals surface area contributed by atoms with Crippen LogP contribution >= 0.6 is 23.2 Å². The predicted octanol–water partition coefficient (Wildman–Crippen LogP) is 4.37. The number of amides is 2. The number of hydrogen-bond donors (Lipinski definition) is 1. The van der Waals surface area contributed by atoms with E-state index < -0.39 is 5.91 Å². The Morgan fingerprint density at radius 2 is 1.75 bits per heavy atom. The number of rotatable bonds is 6. The maximum atomic E-state index is 12.3. The first-order valence-corrected chi connectivity index (χ1v) is 8.32. The van der Waals surface area contributed by atoms with Gasteiger partial charge in [0, 0.05) is 13.1 Å². The quantitative estimate of drug-likeness (QED) is 0.773. The van der Waals surface area contributed by atoms with Gasteiger partial charge in [-0.05, 0) is 24.6 Å². The van der Waals surface area contributed by atoms with E-state index in [1.165, 1.54) is 0 Å². The fourth-order valence-electron chi connectivity index (χ4n) is 2.22. The van der Waals surface area contributed by atoms with Crippen molar-refractivity contribution in [1.29, 1.82) is 0 Å². The molecule has 0 heterocycles. The summed E-state index contributed by atoms with van der Waals surface area (Å²) in [4.78, 5) is 26.1. The largest absolute Gasteiger partial charge is 0.338 e. The molecule has 126 valence electrons. The van der Waals surface area contributed by atoms with E-state index in [2.05, 4.69) is 5.32 Å². The third-order valence-corrected chi connectivity index (χ3v) is 4.31. The average molecular weight is 365 g/mol. The van der Waals surface area contributed by atoms with E-state index in [0.717, 1.165) is 5.56 Å². The maximum absolute atomic E-state index is 12.3. The Bertz CT molecular complexity index is 720. The summed E-state index contributed by atoms with van der Waals surface area (Å²) in [6.07, 6.45) is -0.247. The lowest BCUT2D eigenvalue weighted by Gasteiger charge is -2.21. The van der Waals surface area contributed by atoms with Crippen molar-refractivity contribution in [2.45, 2.75) is 19.9 Å². The lowest BCUT2D eigenvalue weighted by Crippen LogP contribution is -2.33. The van der Waals surface area contributed by atoms with Gasteiger partial charge in [-0.2, -0.15) is 0 Å². The third-order valence-electron chi connectivity index (χ3n) is 3.49. The lowest BCUT2D eigenvalue weighted by molar-refractivity contribution is -0.134. The smallest absolute Gasteiger partial charge is 0.233 e. The molecule has 0 spiro atoms. The summed E-state index contributed by atoms with van der Waals surface area (Å²) in [6, 6.07) is 14.6. The number of hydrogen-bond acceptors (Lipinski definition) is 2. The SMILES string of the molecule is CCN(Cc1ccccc1)C(=O)CC(=O)Nc1cccc(Cl)c1Cl. The molecule has 0 aliphatic carbocycles. The number of nitrogens with zero attached hydrogens (tertiary/aromatic N) is 1. The molecule has 1 N–H and O–H groups in total. The van der Waals surface area contributed by atoms with E-state index in [9.17, 15) is 9.59 Å². The Labute approximate surface area is 151 Å². The van der Waals surface area contributed by atoms with Crippen LogP contribution in [0.4, 0.5) is 5.69 Å². The molecule has 2 rings (SSSR count). The molecule has 4 nitrogen and oxygen atoms in total. The summed E-state index contributed by atoms with van der Waals surface area (Å²) >= 11 is 11.9. The van der Waals surface area contributed by atoms with Gasteiger partial charge in [0.1, 0.15) is 6.42 Å². The zero-order valence-corrected chi connectivity index (χ0v) is 14.8. The summed E-state index contributed by atoms with van der Waals surface area (Å²) < 4.78 is 0. The second-order valence-electron chi connectivity index (χ2n) is 5.22. The highest BCUT2D eigenvalue weighted by Gasteiger charge is 2.17. The van der Waals surface area contributed by atoms with E-state index in [-0.39, 0.29) is 17.4 Å². The van der Waals surface area contributed by atoms with Crippen molar-refractivity contribution in [3.05, 3.63) is 64.1 Å². The molecule has 0 radical (unpaired) electrons. The van der Waals surface area contributed by atoms with Crippen molar-refractivity contribution in [2.24, 2.45) is 0 Å². The molecule has 0 saturated carbocycles. The number of benzene rings is 2. The van der Waals surface area contributed by atoms with E-state index in [0.29, 0.717) is 23.8 Å². The van der Waals surface area contributed by atoms with E-state index >= 15 is 0 Å². The van der Waals surface area contributed by atoms with Gasteiger partial charge in [-0.3, -0.25) is 9.59 Å². The van der Waals surface area contributed by atoms with E-state index in [4.69, 9.17) is 23.2 Å². The first-order valence-electron chi connectivity index (χ1n) is 7.56. The van der Waals surface area contributed by atoms with Crippen LogP contribution in [-0.2, 0) is 16.1 Å². The summed E-state index contributed by atoms with van der Waals surface area (Å²) in [5.41, 5.74) is 1.42. The van der Waals surface area contributed by atoms with Crippen LogP contribution in [0, 0.1) is 0 Å². The van der Waals surface area contributed by atoms with Crippen molar-refractivity contribution < 1.29 is 9.59 Å². The van der Waals surface area contributed by atoms with Crippen molar-refractivity contribution in [3.63, 3.8) is 0 Å². The van der Waals surface area contributed by atoms with Crippen LogP contribution in [0.5, 0.6) is 0 Å². The average Bonchev–Trinajstić information content (AvgIpc) is 2.57. The Balaban J connectivity index is 1.96. The Morgan fingerprint density at radius 1 is 1.04 bits per heavy atom. The fraction of sp³-hybridized carbons (Fsp3) is 0.222. The second kappa shape index (κ2) is 8.71. The van der Waals surface area contributed by atoms with Crippen LogP contribution in [-0.4, -0.2) is 23.3 Å². The molecule has 2 amide bonds. The number of carbonyl (C=O) groups excluding carboxylic acids is 2. The number of nitrogens with one attached hydrogen (secondary N) is 1. The second-order valence-corrected chi connectivity index (χ2v) is 6.01. The van der Waals surface area contributed by atoms with Crippen molar-refractivity contribution in [3.8, 4) is 0 Å². The van der Waals surface area contributed by atoms with Crippen molar-refractivity contribution in [1.82, 2.24) is 4.90 Å². The van der Waals surface area contributed by atoms with Gasteiger partial charge in [0.2, 0.25) is 11.8 Å². The standard InChI is InChI=1S/C18H18Cl2N2O2/c1-2-22(12-13-7-4-3-5-8-13)17(24)11-16(23)21-15-10-6-9-14(19)18(15)20/h3-10H,2,11-12H2,1H3,(H,21,23). The number of halogens is 2. The van der Waals surface area contributed by atoms with Crippen LogP contribution in [0.25, 0.3) is 0 Å². The first kappa shape index (κ1) is 18.3. The molecule has 0 aromatic heterocycles. The van der Waals surface area contributed by atoms with Gasteiger partial charge in [0.05, 0.1) is 15.7 Å². The van der Waals surface area contributed by atoms with Gasteiger partial charge in [-0.25, -0.2) is 0 Å². The highest BCUT2D eigenvalue weighted by atomic mass is 35.5. The summed E-state index contributed by atoms with van der Waals surface area (Å²) in [6.45, 7) is 2.88. The topological polar surface area (TPSA) is 49.4 Å². The summed E-state index contributed by atoms with van der Waals surface area (Å²) in [5.74, 6) is -0.660. The van der Waals surface area contributed by atoms with Gasteiger partial charge in [0.15, 0.2) is 0 Å². The van der Waals surface area contributed by atoms with Gasteiger partial charge >= 0.3 is 0 Å². The van der Waals surface area contributed by atoms with Crippen LogP contribution < -0.4 is 5.32 Å². The molecule has 2 aromatic rings. The molecule has 0 bridgehead atoms. The summed E-state index contributed by atoms with van der Waals surface area (Å²) in [7, 11) is 0. The van der Waals surface area contributed by atoms with E-state index in [1.54, 1.807) is 23.1 Å². The maximum Gasteiger partial charge on any atom is 0.233 e. The molecule has 0 saturated heterocycles. The Hall–Kier alpha value is -2.04. The minimum atomic E-state index is -0.421. The normalized spacial score (nSPS) is 10.3. The Morgan fingerprint density at radius 3 is 2.42 bits per heavy atom. The van der Waals surface area contributed by atoms with Gasteiger partial charge < -0.3 is 10.2 Å². The zero-order chi connectivity index (χ0) is 17.5. The van der Waals surface area contributed by atoms with Crippen molar-refractivity contribution in [2.75, 3.05) is 11.9 Å². The molecule has 0 unspecified atom stereocenters. The van der Waals surface area contributed by atoms with Gasteiger partial charge in [-0.15, -0.1) is 0 Å². The predicted molar refractivity (Wildman–Crippen MR) is 97.2 cm³/mol. The van der Waals surface area contributed by atoms with Crippen LogP contribution in [0.15, 0.2) is 48.5 Å². The van der Waals surface area contributed by atoms with Gasteiger partial charge in [0.25, 0.3) is 0 Å². The van der Waals surface area contributed by atoms with Gasteiger partial charge in [-0.1, -0.05) is 59.6 Å².